The largest absolute Gasteiger partial charge is 0.482 e. The van der Waals surface area contributed by atoms with Gasteiger partial charge in [-0.3, -0.25) is 4.79 Å². The van der Waals surface area contributed by atoms with Crippen molar-refractivity contribution in [1.29, 1.82) is 0 Å². The van der Waals surface area contributed by atoms with E-state index in [1.54, 1.807) is 14.0 Å². The third-order valence-corrected chi connectivity index (χ3v) is 2.60. The molecule has 0 radical (unpaired) electrons. The maximum atomic E-state index is 11.6. The first-order valence-corrected chi connectivity index (χ1v) is 4.79. The number of fused-ring (bicyclic) bond motifs is 1. The number of Topliss-reactive ketones (excluding diaryl/α,β-unsaturated/α-hetero) is 1. The van der Waals surface area contributed by atoms with E-state index >= 15 is 0 Å². The van der Waals surface area contributed by atoms with Crippen molar-refractivity contribution in [1.82, 2.24) is 4.57 Å². The van der Waals surface area contributed by atoms with Crippen LogP contribution in [0.2, 0.25) is 0 Å². The van der Waals surface area contributed by atoms with Gasteiger partial charge < -0.3 is 9.30 Å². The highest BCUT2D eigenvalue weighted by Crippen LogP contribution is 2.30. The first kappa shape index (κ1) is 9.77. The van der Waals surface area contributed by atoms with Crippen LogP contribution in [0.4, 0.5) is 0 Å². The van der Waals surface area contributed by atoms with Crippen LogP contribution in [-0.4, -0.2) is 17.5 Å². The molecular formula is C12H13NO2. The fraction of sp³-hybridized carbons (Fsp3) is 0.250. The number of rotatable bonds is 2. The molecule has 0 atom stereocenters. The molecule has 0 N–H and O–H groups in total. The summed E-state index contributed by atoms with van der Waals surface area (Å²) in [5.74, 6) is 0.660. The highest BCUT2D eigenvalue weighted by Gasteiger charge is 2.18. The smallest absolute Gasteiger partial charge is 0.205 e. The molecule has 3 nitrogen and oxygen atoms in total. The van der Waals surface area contributed by atoms with E-state index in [9.17, 15) is 4.79 Å². The SMILES string of the molecule is COc1c(C(C)=O)c2ccccc2n1C. The van der Waals surface area contributed by atoms with Gasteiger partial charge in [-0.25, -0.2) is 0 Å². The summed E-state index contributed by atoms with van der Waals surface area (Å²) in [5, 5.41) is 0.948. The number of ketones is 1. The van der Waals surface area contributed by atoms with Gasteiger partial charge in [0.25, 0.3) is 0 Å². The van der Waals surface area contributed by atoms with Crippen molar-refractivity contribution in [3.05, 3.63) is 29.8 Å². The van der Waals surface area contributed by atoms with Crippen molar-refractivity contribution in [3.63, 3.8) is 0 Å². The summed E-state index contributed by atoms with van der Waals surface area (Å²) in [6, 6.07) is 7.79. The van der Waals surface area contributed by atoms with Gasteiger partial charge in [-0.2, -0.15) is 0 Å². The van der Waals surface area contributed by atoms with Gasteiger partial charge in [0.05, 0.1) is 18.2 Å². The summed E-state index contributed by atoms with van der Waals surface area (Å²) in [7, 11) is 3.48. The van der Waals surface area contributed by atoms with Gasteiger partial charge in [0, 0.05) is 12.4 Å². The van der Waals surface area contributed by atoms with Crippen LogP contribution >= 0.6 is 0 Å². The van der Waals surface area contributed by atoms with Crippen LogP contribution in [0, 0.1) is 0 Å². The van der Waals surface area contributed by atoms with Gasteiger partial charge in [-0.15, -0.1) is 0 Å². The molecule has 2 rings (SSSR count). The maximum Gasteiger partial charge on any atom is 0.205 e. The lowest BCUT2D eigenvalue weighted by Crippen LogP contribution is -1.98. The van der Waals surface area contributed by atoms with E-state index in [1.165, 1.54) is 0 Å². The summed E-state index contributed by atoms with van der Waals surface area (Å²) >= 11 is 0. The van der Waals surface area contributed by atoms with Gasteiger partial charge in [-0.05, 0) is 13.0 Å². The minimum absolute atomic E-state index is 0.0312. The lowest BCUT2D eigenvalue weighted by molar-refractivity contribution is 0.101. The molecule has 1 heterocycles. The van der Waals surface area contributed by atoms with Crippen molar-refractivity contribution < 1.29 is 9.53 Å². The number of hydrogen-bond acceptors (Lipinski definition) is 2. The second-order valence-electron chi connectivity index (χ2n) is 3.52. The Kier molecular flexibility index (Phi) is 2.23. The second kappa shape index (κ2) is 3.42. The molecule has 0 bridgehead atoms. The number of ether oxygens (including phenoxy) is 1. The Bertz CT molecular complexity index is 526. The number of nitrogens with zero attached hydrogens (tertiary/aromatic N) is 1. The summed E-state index contributed by atoms with van der Waals surface area (Å²) in [6.45, 7) is 1.56. The lowest BCUT2D eigenvalue weighted by Gasteiger charge is -2.02. The zero-order valence-corrected chi connectivity index (χ0v) is 9.07. The third-order valence-electron chi connectivity index (χ3n) is 2.60. The number of carbonyl (C=O) groups excluding carboxylic acids is 1. The Balaban J connectivity index is 2.91. The molecule has 2 aromatic rings. The van der Waals surface area contributed by atoms with E-state index in [4.69, 9.17) is 4.74 Å². The van der Waals surface area contributed by atoms with Crippen molar-refractivity contribution in [2.75, 3.05) is 7.11 Å². The first-order valence-electron chi connectivity index (χ1n) is 4.79. The van der Waals surface area contributed by atoms with E-state index in [0.717, 1.165) is 10.9 Å². The molecular weight excluding hydrogens is 190 g/mol. The molecule has 0 amide bonds. The van der Waals surface area contributed by atoms with E-state index in [0.29, 0.717) is 11.4 Å². The van der Waals surface area contributed by atoms with E-state index < -0.39 is 0 Å². The Morgan fingerprint density at radius 1 is 1.33 bits per heavy atom. The first-order chi connectivity index (χ1) is 7.16. The second-order valence-corrected chi connectivity index (χ2v) is 3.52. The summed E-state index contributed by atoms with van der Waals surface area (Å²) < 4.78 is 7.16. The lowest BCUT2D eigenvalue weighted by atomic mass is 10.1. The van der Waals surface area contributed by atoms with Crippen LogP contribution in [0.25, 0.3) is 10.9 Å². The van der Waals surface area contributed by atoms with Crippen molar-refractivity contribution in [3.8, 4) is 5.88 Å². The van der Waals surface area contributed by atoms with Crippen LogP contribution in [0.3, 0.4) is 0 Å². The van der Waals surface area contributed by atoms with Gasteiger partial charge in [-0.1, -0.05) is 18.2 Å². The van der Waals surface area contributed by atoms with Crippen molar-refractivity contribution in [2.45, 2.75) is 6.92 Å². The topological polar surface area (TPSA) is 31.2 Å². The predicted molar refractivity (Wildman–Crippen MR) is 59.5 cm³/mol. The molecule has 78 valence electrons. The number of aryl methyl sites for hydroxylation is 1. The molecule has 3 heteroatoms. The molecule has 0 saturated heterocycles. The van der Waals surface area contributed by atoms with Crippen LogP contribution in [0.15, 0.2) is 24.3 Å². The zero-order chi connectivity index (χ0) is 11.0. The van der Waals surface area contributed by atoms with Crippen LogP contribution < -0.4 is 4.74 Å². The number of methoxy groups -OCH3 is 1. The molecule has 15 heavy (non-hydrogen) atoms. The number of benzene rings is 1. The average molecular weight is 203 g/mol. The van der Waals surface area contributed by atoms with Gasteiger partial charge >= 0.3 is 0 Å². The minimum Gasteiger partial charge on any atom is -0.482 e. The van der Waals surface area contributed by atoms with Gasteiger partial charge in [0.15, 0.2) is 5.78 Å². The van der Waals surface area contributed by atoms with Gasteiger partial charge in [0.2, 0.25) is 5.88 Å². The van der Waals surface area contributed by atoms with Gasteiger partial charge in [0.1, 0.15) is 0 Å². The van der Waals surface area contributed by atoms with Crippen LogP contribution in [0.5, 0.6) is 5.88 Å². The molecule has 0 spiro atoms. The Morgan fingerprint density at radius 3 is 2.60 bits per heavy atom. The number of aromatic nitrogens is 1. The Hall–Kier alpha value is -1.77. The fourth-order valence-electron chi connectivity index (χ4n) is 1.95. The number of para-hydroxylation sites is 1. The summed E-state index contributed by atoms with van der Waals surface area (Å²) in [4.78, 5) is 11.6. The number of carbonyl (C=O) groups is 1. The minimum atomic E-state index is 0.0312. The van der Waals surface area contributed by atoms with E-state index in [1.807, 2.05) is 35.9 Å². The molecule has 0 aliphatic rings. The summed E-state index contributed by atoms with van der Waals surface area (Å²) in [5.41, 5.74) is 1.68. The standard InChI is InChI=1S/C12H13NO2/c1-8(14)11-9-6-4-5-7-10(9)13(2)12(11)15-3/h4-7H,1-3H3. The monoisotopic (exact) mass is 203 g/mol. The van der Waals surface area contributed by atoms with Crippen molar-refractivity contribution in [2.24, 2.45) is 7.05 Å². The van der Waals surface area contributed by atoms with Crippen LogP contribution in [0.1, 0.15) is 17.3 Å². The number of hydrogen-bond donors (Lipinski definition) is 0. The van der Waals surface area contributed by atoms with Crippen LogP contribution in [-0.2, 0) is 7.05 Å². The quantitative estimate of drug-likeness (QED) is 0.702. The average Bonchev–Trinajstić information content (AvgIpc) is 2.52. The zero-order valence-electron chi connectivity index (χ0n) is 9.07. The Labute approximate surface area is 88.3 Å². The normalized spacial score (nSPS) is 10.6. The molecule has 1 aromatic heterocycles. The maximum absolute atomic E-state index is 11.6. The molecule has 0 aliphatic heterocycles. The highest BCUT2D eigenvalue weighted by atomic mass is 16.5. The van der Waals surface area contributed by atoms with Crippen molar-refractivity contribution >= 4 is 16.7 Å². The summed E-state index contributed by atoms with van der Waals surface area (Å²) in [6.07, 6.45) is 0. The molecule has 0 aliphatic carbocycles. The highest BCUT2D eigenvalue weighted by molar-refractivity contribution is 6.09. The third kappa shape index (κ3) is 1.31. The molecule has 1 aromatic carbocycles. The molecule has 0 fully saturated rings. The van der Waals surface area contributed by atoms with E-state index in [2.05, 4.69) is 0 Å². The van der Waals surface area contributed by atoms with E-state index in [-0.39, 0.29) is 5.78 Å². The fourth-order valence-corrected chi connectivity index (χ4v) is 1.95. The molecule has 0 unspecified atom stereocenters. The predicted octanol–water partition coefficient (Wildman–Crippen LogP) is 2.39. The Morgan fingerprint density at radius 2 is 2.00 bits per heavy atom. The molecule has 0 saturated carbocycles.